The average molecular weight is 299 g/mol. The molecule has 1 aromatic rings. The summed E-state index contributed by atoms with van der Waals surface area (Å²) in [7, 11) is 1.32. The van der Waals surface area contributed by atoms with Crippen molar-refractivity contribution in [2.24, 2.45) is 13.0 Å². The first-order valence-electron chi connectivity index (χ1n) is 7.16. The number of aromatic nitrogens is 2. The number of aryl methyl sites for hydroxylation is 2. The summed E-state index contributed by atoms with van der Waals surface area (Å²) in [6, 6.07) is 0. The average Bonchev–Trinajstić information content (AvgIpc) is 2.81. The van der Waals surface area contributed by atoms with E-state index in [0.717, 1.165) is 31.6 Å². The highest BCUT2D eigenvalue weighted by Gasteiger charge is 2.27. The molecule has 2 heterocycles. The Labute approximate surface area is 121 Å². The van der Waals surface area contributed by atoms with Crippen molar-refractivity contribution >= 4 is 9.84 Å². The van der Waals surface area contributed by atoms with E-state index in [2.05, 4.69) is 24.0 Å². The third-order valence-electron chi connectivity index (χ3n) is 4.33. The SMILES string of the molecule is Cc1nn(C)c(C)c1CN(C)CCC1CCS(=O)(=O)C1. The molecule has 0 N–H and O–H groups in total. The van der Waals surface area contributed by atoms with E-state index in [1.54, 1.807) is 0 Å². The van der Waals surface area contributed by atoms with Crippen molar-refractivity contribution in [1.29, 1.82) is 0 Å². The Bertz CT molecular complexity index is 577. The van der Waals surface area contributed by atoms with E-state index in [1.807, 2.05) is 18.7 Å². The van der Waals surface area contributed by atoms with Crippen LogP contribution in [0.4, 0.5) is 0 Å². The van der Waals surface area contributed by atoms with Crippen LogP contribution in [0.5, 0.6) is 0 Å². The number of rotatable bonds is 5. The van der Waals surface area contributed by atoms with Crippen molar-refractivity contribution in [3.63, 3.8) is 0 Å². The standard InChI is InChI=1S/C14H25N3O2S/c1-11-14(12(2)17(4)15-11)9-16(3)7-5-13-6-8-20(18,19)10-13/h13H,5-10H2,1-4H3. The molecular weight excluding hydrogens is 274 g/mol. The molecule has 1 aliphatic heterocycles. The van der Waals surface area contributed by atoms with Crippen molar-refractivity contribution in [2.75, 3.05) is 25.1 Å². The van der Waals surface area contributed by atoms with Gasteiger partial charge in [-0.1, -0.05) is 0 Å². The van der Waals surface area contributed by atoms with Gasteiger partial charge in [0.25, 0.3) is 0 Å². The van der Waals surface area contributed by atoms with Crippen molar-refractivity contribution in [2.45, 2.75) is 33.2 Å². The summed E-state index contributed by atoms with van der Waals surface area (Å²) in [4.78, 5) is 2.27. The Morgan fingerprint density at radius 3 is 2.60 bits per heavy atom. The van der Waals surface area contributed by atoms with Crippen LogP contribution in [0.2, 0.25) is 0 Å². The molecule has 1 fully saturated rings. The summed E-state index contributed by atoms with van der Waals surface area (Å²) >= 11 is 0. The Balaban J connectivity index is 1.85. The molecule has 0 bridgehead atoms. The topological polar surface area (TPSA) is 55.2 Å². The Morgan fingerprint density at radius 1 is 1.40 bits per heavy atom. The summed E-state index contributed by atoms with van der Waals surface area (Å²) in [5.74, 6) is 1.10. The van der Waals surface area contributed by atoms with E-state index in [0.29, 0.717) is 17.4 Å². The predicted octanol–water partition coefficient (Wildman–Crippen LogP) is 1.29. The summed E-state index contributed by atoms with van der Waals surface area (Å²) in [6.07, 6.45) is 1.80. The zero-order valence-corrected chi connectivity index (χ0v) is 13.7. The van der Waals surface area contributed by atoms with Gasteiger partial charge in [-0.25, -0.2) is 8.42 Å². The van der Waals surface area contributed by atoms with Gasteiger partial charge in [-0.05, 0) is 46.2 Å². The Morgan fingerprint density at radius 2 is 2.10 bits per heavy atom. The molecule has 1 aliphatic rings. The lowest BCUT2D eigenvalue weighted by molar-refractivity contribution is 0.298. The van der Waals surface area contributed by atoms with Gasteiger partial charge < -0.3 is 4.90 Å². The maximum atomic E-state index is 11.4. The zero-order valence-electron chi connectivity index (χ0n) is 12.9. The number of sulfone groups is 1. The van der Waals surface area contributed by atoms with Crippen LogP contribution in [0.1, 0.15) is 29.8 Å². The van der Waals surface area contributed by atoms with Gasteiger partial charge in [0.15, 0.2) is 9.84 Å². The maximum Gasteiger partial charge on any atom is 0.150 e. The molecule has 0 aromatic carbocycles. The van der Waals surface area contributed by atoms with Gasteiger partial charge in [0.05, 0.1) is 17.2 Å². The molecule has 1 unspecified atom stereocenters. The molecule has 0 aliphatic carbocycles. The van der Waals surface area contributed by atoms with Gasteiger partial charge in [0.2, 0.25) is 0 Å². The summed E-state index contributed by atoms with van der Waals surface area (Å²) in [5.41, 5.74) is 3.58. The van der Waals surface area contributed by atoms with Crippen LogP contribution in [-0.2, 0) is 23.4 Å². The van der Waals surface area contributed by atoms with Crippen LogP contribution in [0.25, 0.3) is 0 Å². The fraction of sp³-hybridized carbons (Fsp3) is 0.786. The van der Waals surface area contributed by atoms with Crippen molar-refractivity contribution in [3.05, 3.63) is 17.0 Å². The van der Waals surface area contributed by atoms with Crippen molar-refractivity contribution in [3.8, 4) is 0 Å². The molecule has 114 valence electrons. The first-order valence-corrected chi connectivity index (χ1v) is 8.98. The van der Waals surface area contributed by atoms with Gasteiger partial charge >= 0.3 is 0 Å². The molecule has 6 heteroatoms. The minimum Gasteiger partial charge on any atom is -0.302 e. The quantitative estimate of drug-likeness (QED) is 0.822. The minimum atomic E-state index is -2.74. The molecule has 1 aromatic heterocycles. The molecule has 2 rings (SSSR count). The van der Waals surface area contributed by atoms with Crippen LogP contribution in [-0.4, -0.2) is 48.2 Å². The van der Waals surface area contributed by atoms with Gasteiger partial charge in [0, 0.05) is 24.8 Å². The molecular formula is C14H25N3O2S. The molecule has 0 spiro atoms. The molecule has 1 atom stereocenters. The van der Waals surface area contributed by atoms with E-state index in [4.69, 9.17) is 0 Å². The fourth-order valence-electron chi connectivity index (χ4n) is 2.90. The summed E-state index contributed by atoms with van der Waals surface area (Å²) in [6.45, 7) is 5.95. The molecule has 0 amide bonds. The van der Waals surface area contributed by atoms with Crippen molar-refractivity contribution < 1.29 is 8.42 Å². The third-order valence-corrected chi connectivity index (χ3v) is 6.17. The van der Waals surface area contributed by atoms with Gasteiger partial charge in [-0.15, -0.1) is 0 Å². The molecule has 0 saturated carbocycles. The van der Waals surface area contributed by atoms with Gasteiger partial charge in [-0.3, -0.25) is 4.68 Å². The van der Waals surface area contributed by atoms with E-state index in [-0.39, 0.29) is 0 Å². The number of hydrogen-bond donors (Lipinski definition) is 0. The lowest BCUT2D eigenvalue weighted by Crippen LogP contribution is -2.22. The van der Waals surface area contributed by atoms with Crippen LogP contribution >= 0.6 is 0 Å². The van der Waals surface area contributed by atoms with E-state index < -0.39 is 9.84 Å². The fourth-order valence-corrected chi connectivity index (χ4v) is 4.81. The molecule has 1 saturated heterocycles. The van der Waals surface area contributed by atoms with Crippen LogP contribution in [0, 0.1) is 19.8 Å². The second-order valence-electron chi connectivity index (χ2n) is 6.07. The van der Waals surface area contributed by atoms with Crippen LogP contribution in [0.15, 0.2) is 0 Å². The number of nitrogens with zero attached hydrogens (tertiary/aromatic N) is 3. The largest absolute Gasteiger partial charge is 0.302 e. The van der Waals surface area contributed by atoms with E-state index in [9.17, 15) is 8.42 Å². The lowest BCUT2D eigenvalue weighted by atomic mass is 10.0. The summed E-state index contributed by atoms with van der Waals surface area (Å²) in [5, 5.41) is 4.43. The lowest BCUT2D eigenvalue weighted by Gasteiger charge is -2.18. The Hall–Kier alpha value is -0.880. The smallest absolute Gasteiger partial charge is 0.150 e. The second kappa shape index (κ2) is 5.85. The highest BCUT2D eigenvalue weighted by atomic mass is 32.2. The monoisotopic (exact) mass is 299 g/mol. The molecule has 20 heavy (non-hydrogen) atoms. The molecule has 5 nitrogen and oxygen atoms in total. The first-order chi connectivity index (χ1) is 9.28. The highest BCUT2D eigenvalue weighted by Crippen LogP contribution is 2.22. The molecule has 0 radical (unpaired) electrons. The minimum absolute atomic E-state index is 0.346. The third kappa shape index (κ3) is 3.61. The predicted molar refractivity (Wildman–Crippen MR) is 80.4 cm³/mol. The second-order valence-corrected chi connectivity index (χ2v) is 8.30. The van der Waals surface area contributed by atoms with Crippen LogP contribution < -0.4 is 0 Å². The highest BCUT2D eigenvalue weighted by molar-refractivity contribution is 7.91. The van der Waals surface area contributed by atoms with E-state index in [1.165, 1.54) is 11.3 Å². The number of hydrogen-bond acceptors (Lipinski definition) is 4. The Kier molecular flexibility index (Phi) is 4.54. The van der Waals surface area contributed by atoms with Gasteiger partial charge in [-0.2, -0.15) is 5.10 Å². The summed E-state index contributed by atoms with van der Waals surface area (Å²) < 4.78 is 24.8. The van der Waals surface area contributed by atoms with Crippen LogP contribution in [0.3, 0.4) is 0 Å². The zero-order chi connectivity index (χ0) is 14.9. The first kappa shape index (κ1) is 15.5. The van der Waals surface area contributed by atoms with Gasteiger partial charge in [0.1, 0.15) is 0 Å². The maximum absolute atomic E-state index is 11.4. The van der Waals surface area contributed by atoms with Crippen molar-refractivity contribution in [1.82, 2.24) is 14.7 Å². The van der Waals surface area contributed by atoms with E-state index >= 15 is 0 Å². The normalized spacial score (nSPS) is 21.8.